The third-order valence-electron chi connectivity index (χ3n) is 3.03. The van der Waals surface area contributed by atoms with Crippen LogP contribution in [0.15, 0.2) is 42.7 Å². The molecule has 0 aliphatic carbocycles. The van der Waals surface area contributed by atoms with E-state index in [1.807, 2.05) is 12.1 Å². The number of para-hydroxylation sites is 1. The second-order valence-electron chi connectivity index (χ2n) is 4.24. The minimum absolute atomic E-state index is 0.0942. The topological polar surface area (TPSA) is 68.5 Å². The predicted molar refractivity (Wildman–Crippen MR) is 72.3 cm³/mol. The number of hydrogen-bond donors (Lipinski definition) is 1. The van der Waals surface area contributed by atoms with Crippen molar-refractivity contribution in [3.05, 3.63) is 48.3 Å². The molecule has 0 radical (unpaired) electrons. The molecule has 5 nitrogen and oxygen atoms in total. The molecule has 19 heavy (non-hydrogen) atoms. The third kappa shape index (κ3) is 1.99. The number of ether oxygens (including phenoxy) is 1. The van der Waals surface area contributed by atoms with E-state index >= 15 is 0 Å². The second kappa shape index (κ2) is 4.61. The standard InChI is InChI=1S/C14H13N3O2/c15-11-4-1-5-12-13(11)19-8-7-17(12)14(18)10-3-2-6-16-9-10/h1-6,9H,7-8,15H2. The SMILES string of the molecule is Nc1cccc2c1OCCN2C(=O)c1cccnc1. The van der Waals surface area contributed by atoms with Crippen molar-refractivity contribution in [3.63, 3.8) is 0 Å². The fourth-order valence-corrected chi connectivity index (χ4v) is 2.13. The van der Waals surface area contributed by atoms with Crippen LogP contribution in [0.1, 0.15) is 10.4 Å². The summed E-state index contributed by atoms with van der Waals surface area (Å²) in [7, 11) is 0. The van der Waals surface area contributed by atoms with Crippen LogP contribution in [0.25, 0.3) is 0 Å². The molecule has 0 saturated carbocycles. The quantitative estimate of drug-likeness (QED) is 0.787. The molecule has 5 heteroatoms. The van der Waals surface area contributed by atoms with Crippen LogP contribution in [-0.2, 0) is 0 Å². The highest BCUT2D eigenvalue weighted by Gasteiger charge is 2.25. The van der Waals surface area contributed by atoms with Crippen LogP contribution in [0.4, 0.5) is 11.4 Å². The molecule has 1 aromatic carbocycles. The summed E-state index contributed by atoms with van der Waals surface area (Å²) in [5.41, 5.74) is 7.67. The van der Waals surface area contributed by atoms with Crippen molar-refractivity contribution in [1.29, 1.82) is 0 Å². The maximum Gasteiger partial charge on any atom is 0.260 e. The minimum Gasteiger partial charge on any atom is -0.487 e. The van der Waals surface area contributed by atoms with Crippen LogP contribution in [0.3, 0.4) is 0 Å². The van der Waals surface area contributed by atoms with Crippen molar-refractivity contribution in [1.82, 2.24) is 4.98 Å². The largest absolute Gasteiger partial charge is 0.487 e. The Morgan fingerprint density at radius 1 is 1.32 bits per heavy atom. The number of aromatic nitrogens is 1. The van der Waals surface area contributed by atoms with Gasteiger partial charge in [-0.25, -0.2) is 0 Å². The van der Waals surface area contributed by atoms with Gasteiger partial charge in [0.15, 0.2) is 5.75 Å². The summed E-state index contributed by atoms with van der Waals surface area (Å²) in [5, 5.41) is 0. The predicted octanol–water partition coefficient (Wildman–Crippen LogP) is 1.70. The highest BCUT2D eigenvalue weighted by Crippen LogP contribution is 2.37. The van der Waals surface area contributed by atoms with E-state index in [1.54, 1.807) is 35.5 Å². The number of fused-ring (bicyclic) bond motifs is 1. The van der Waals surface area contributed by atoms with Gasteiger partial charge < -0.3 is 15.4 Å². The molecule has 2 heterocycles. The lowest BCUT2D eigenvalue weighted by Crippen LogP contribution is -2.38. The zero-order valence-corrected chi connectivity index (χ0v) is 10.2. The number of rotatable bonds is 1. The maximum atomic E-state index is 12.5. The van der Waals surface area contributed by atoms with Crippen molar-refractivity contribution in [2.75, 3.05) is 23.8 Å². The first-order valence-corrected chi connectivity index (χ1v) is 6.00. The van der Waals surface area contributed by atoms with E-state index in [1.165, 1.54) is 0 Å². The van der Waals surface area contributed by atoms with E-state index in [0.717, 1.165) is 0 Å². The number of nitrogens with two attached hydrogens (primary N) is 1. The molecular weight excluding hydrogens is 242 g/mol. The number of hydrogen-bond acceptors (Lipinski definition) is 4. The van der Waals surface area contributed by atoms with Crippen molar-refractivity contribution in [2.24, 2.45) is 0 Å². The molecule has 2 N–H and O–H groups in total. The number of carbonyl (C=O) groups is 1. The Hall–Kier alpha value is -2.56. The molecule has 0 spiro atoms. The Morgan fingerprint density at radius 2 is 2.21 bits per heavy atom. The van der Waals surface area contributed by atoms with E-state index < -0.39 is 0 Å². The van der Waals surface area contributed by atoms with Gasteiger partial charge in [-0.15, -0.1) is 0 Å². The minimum atomic E-state index is -0.0942. The Morgan fingerprint density at radius 3 is 3.00 bits per heavy atom. The number of pyridine rings is 1. The first kappa shape index (κ1) is 11.5. The lowest BCUT2D eigenvalue weighted by molar-refractivity contribution is 0.0976. The number of anilines is 2. The van der Waals surface area contributed by atoms with E-state index in [4.69, 9.17) is 10.5 Å². The van der Waals surface area contributed by atoms with Crippen LogP contribution in [0.2, 0.25) is 0 Å². The maximum absolute atomic E-state index is 12.5. The van der Waals surface area contributed by atoms with Gasteiger partial charge in [-0.3, -0.25) is 9.78 Å². The van der Waals surface area contributed by atoms with E-state index in [-0.39, 0.29) is 5.91 Å². The van der Waals surface area contributed by atoms with Crippen molar-refractivity contribution in [2.45, 2.75) is 0 Å². The van der Waals surface area contributed by atoms with E-state index in [2.05, 4.69) is 4.98 Å². The highest BCUT2D eigenvalue weighted by atomic mass is 16.5. The van der Waals surface area contributed by atoms with Gasteiger partial charge in [0.2, 0.25) is 0 Å². The zero-order chi connectivity index (χ0) is 13.2. The lowest BCUT2D eigenvalue weighted by Gasteiger charge is -2.30. The molecule has 2 aromatic rings. The Labute approximate surface area is 110 Å². The molecule has 1 aromatic heterocycles. The molecule has 1 aliphatic heterocycles. The Bertz CT molecular complexity index is 613. The molecule has 0 unspecified atom stereocenters. The normalized spacial score (nSPS) is 13.6. The van der Waals surface area contributed by atoms with Gasteiger partial charge >= 0.3 is 0 Å². The van der Waals surface area contributed by atoms with Crippen molar-refractivity contribution >= 4 is 17.3 Å². The van der Waals surface area contributed by atoms with Crippen LogP contribution in [0.5, 0.6) is 5.75 Å². The molecule has 0 fully saturated rings. The summed E-state index contributed by atoms with van der Waals surface area (Å²) in [6.45, 7) is 0.942. The molecule has 0 atom stereocenters. The Kier molecular flexibility index (Phi) is 2.79. The number of amides is 1. The van der Waals surface area contributed by atoms with Gasteiger partial charge in [-0.05, 0) is 24.3 Å². The van der Waals surface area contributed by atoms with Crippen LogP contribution in [-0.4, -0.2) is 24.0 Å². The molecule has 3 rings (SSSR count). The zero-order valence-electron chi connectivity index (χ0n) is 10.2. The number of benzene rings is 1. The van der Waals surface area contributed by atoms with Gasteiger partial charge in [-0.2, -0.15) is 0 Å². The lowest BCUT2D eigenvalue weighted by atomic mass is 10.1. The first-order chi connectivity index (χ1) is 9.27. The first-order valence-electron chi connectivity index (χ1n) is 6.00. The van der Waals surface area contributed by atoms with Crippen molar-refractivity contribution in [3.8, 4) is 5.75 Å². The summed E-state index contributed by atoms with van der Waals surface area (Å²) in [4.78, 5) is 18.1. The molecule has 96 valence electrons. The fraction of sp³-hybridized carbons (Fsp3) is 0.143. The monoisotopic (exact) mass is 255 g/mol. The summed E-state index contributed by atoms with van der Waals surface area (Å²) < 4.78 is 5.54. The van der Waals surface area contributed by atoms with E-state index in [9.17, 15) is 4.79 Å². The number of carbonyl (C=O) groups excluding carboxylic acids is 1. The number of nitrogen functional groups attached to an aromatic ring is 1. The molecule has 1 amide bonds. The smallest absolute Gasteiger partial charge is 0.260 e. The van der Waals surface area contributed by atoms with Gasteiger partial charge in [0, 0.05) is 12.4 Å². The summed E-state index contributed by atoms with van der Waals surface area (Å²) >= 11 is 0. The Balaban J connectivity index is 2.01. The summed E-state index contributed by atoms with van der Waals surface area (Å²) in [6.07, 6.45) is 3.20. The molecule has 0 bridgehead atoms. The van der Waals surface area contributed by atoms with Gasteiger partial charge in [0.25, 0.3) is 5.91 Å². The third-order valence-corrected chi connectivity index (χ3v) is 3.03. The average Bonchev–Trinajstić information content (AvgIpc) is 2.47. The average molecular weight is 255 g/mol. The van der Waals surface area contributed by atoms with Gasteiger partial charge in [-0.1, -0.05) is 6.07 Å². The van der Waals surface area contributed by atoms with Crippen LogP contribution >= 0.6 is 0 Å². The molecule has 0 saturated heterocycles. The molecule has 1 aliphatic rings. The van der Waals surface area contributed by atoms with E-state index in [0.29, 0.717) is 35.8 Å². The van der Waals surface area contributed by atoms with Gasteiger partial charge in [0.1, 0.15) is 6.61 Å². The fourth-order valence-electron chi connectivity index (χ4n) is 2.13. The second-order valence-corrected chi connectivity index (χ2v) is 4.24. The molecular formula is C14H13N3O2. The highest BCUT2D eigenvalue weighted by molar-refractivity contribution is 6.07. The van der Waals surface area contributed by atoms with Crippen LogP contribution in [0, 0.1) is 0 Å². The number of nitrogens with zero attached hydrogens (tertiary/aromatic N) is 2. The van der Waals surface area contributed by atoms with Crippen LogP contribution < -0.4 is 15.4 Å². The summed E-state index contributed by atoms with van der Waals surface area (Å²) in [5.74, 6) is 0.481. The van der Waals surface area contributed by atoms with Crippen molar-refractivity contribution < 1.29 is 9.53 Å². The van der Waals surface area contributed by atoms with Gasteiger partial charge in [0.05, 0.1) is 23.5 Å². The summed E-state index contributed by atoms with van der Waals surface area (Å²) in [6, 6.07) is 8.90.